The fourth-order valence-corrected chi connectivity index (χ4v) is 5.51. The van der Waals surface area contributed by atoms with E-state index in [1.807, 2.05) is 0 Å². The number of amides is 1. The van der Waals surface area contributed by atoms with Gasteiger partial charge in [0.05, 0.1) is 5.71 Å². The van der Waals surface area contributed by atoms with Crippen molar-refractivity contribution in [3.63, 3.8) is 0 Å². The van der Waals surface area contributed by atoms with Crippen molar-refractivity contribution in [1.82, 2.24) is 15.1 Å². The number of benzene rings is 1. The van der Waals surface area contributed by atoms with Gasteiger partial charge >= 0.3 is 0 Å². The van der Waals surface area contributed by atoms with E-state index >= 15 is 4.39 Å². The predicted molar refractivity (Wildman–Crippen MR) is 129 cm³/mol. The third kappa shape index (κ3) is 5.07. The summed E-state index contributed by atoms with van der Waals surface area (Å²) < 4.78 is 35.8. The smallest absolute Gasteiger partial charge is 0.260 e. The molecule has 190 valence electrons. The number of halogens is 2. The Bertz CT molecular complexity index is 994. The van der Waals surface area contributed by atoms with Gasteiger partial charge in [-0.1, -0.05) is 17.3 Å². The van der Waals surface area contributed by atoms with Crippen LogP contribution in [0.1, 0.15) is 37.7 Å². The highest BCUT2D eigenvalue weighted by Gasteiger charge is 2.48. The van der Waals surface area contributed by atoms with E-state index in [-0.39, 0.29) is 18.7 Å². The number of nitrogens with zero attached hydrogens (tertiary/aromatic N) is 3. The van der Waals surface area contributed by atoms with Gasteiger partial charge in [0, 0.05) is 89.4 Å². The summed E-state index contributed by atoms with van der Waals surface area (Å²) >= 11 is 0. The number of nitrogens with one attached hydrogen (secondary N) is 1. The molecule has 1 N–H and O–H groups in total. The SMILES string of the molecule is CON=C1CC2(CCN(C(=O)C3(F)CCN(CC=CC4CNC4)CC3)CC2)Oc2ccc(F)cc21. The quantitative estimate of drug-likeness (QED) is 0.510. The zero-order valence-electron chi connectivity index (χ0n) is 20.3. The van der Waals surface area contributed by atoms with Gasteiger partial charge in [0.25, 0.3) is 5.91 Å². The summed E-state index contributed by atoms with van der Waals surface area (Å²) in [4.78, 5) is 22.1. The van der Waals surface area contributed by atoms with Gasteiger partial charge in [0.2, 0.25) is 0 Å². The highest BCUT2D eigenvalue weighted by molar-refractivity contribution is 6.04. The molecule has 0 radical (unpaired) electrons. The number of fused-ring (bicyclic) bond motifs is 1. The predicted octanol–water partition coefficient (Wildman–Crippen LogP) is 2.90. The molecule has 35 heavy (non-hydrogen) atoms. The van der Waals surface area contributed by atoms with Crippen molar-refractivity contribution in [1.29, 1.82) is 0 Å². The van der Waals surface area contributed by atoms with Crippen molar-refractivity contribution in [2.45, 2.75) is 43.4 Å². The van der Waals surface area contributed by atoms with Crippen molar-refractivity contribution >= 4 is 11.6 Å². The van der Waals surface area contributed by atoms with Crippen LogP contribution < -0.4 is 10.1 Å². The molecule has 0 atom stereocenters. The largest absolute Gasteiger partial charge is 0.486 e. The Hall–Kier alpha value is -2.52. The summed E-state index contributed by atoms with van der Waals surface area (Å²) in [5.41, 5.74) is -1.15. The van der Waals surface area contributed by atoms with Crippen LogP contribution in [0.5, 0.6) is 5.75 Å². The van der Waals surface area contributed by atoms with Gasteiger partial charge in [0.15, 0.2) is 5.67 Å². The highest BCUT2D eigenvalue weighted by Crippen LogP contribution is 2.41. The minimum Gasteiger partial charge on any atom is -0.486 e. The lowest BCUT2D eigenvalue weighted by Crippen LogP contribution is -2.57. The lowest BCUT2D eigenvalue weighted by molar-refractivity contribution is -0.150. The monoisotopic (exact) mass is 488 g/mol. The molecule has 4 heterocycles. The van der Waals surface area contributed by atoms with E-state index in [4.69, 9.17) is 9.57 Å². The summed E-state index contributed by atoms with van der Waals surface area (Å²) in [7, 11) is 1.46. The fraction of sp³-hybridized carbons (Fsp3) is 0.615. The Kier molecular flexibility index (Phi) is 6.81. The van der Waals surface area contributed by atoms with Gasteiger partial charge in [-0.25, -0.2) is 8.78 Å². The van der Waals surface area contributed by atoms with Crippen LogP contribution in [0.4, 0.5) is 8.78 Å². The molecule has 1 aromatic carbocycles. The summed E-state index contributed by atoms with van der Waals surface area (Å²) in [5.74, 6) is 0.416. The maximum absolute atomic E-state index is 15.7. The molecule has 3 fully saturated rings. The molecule has 0 aliphatic carbocycles. The number of hydrogen-bond donors (Lipinski definition) is 1. The Morgan fingerprint density at radius 1 is 1.23 bits per heavy atom. The maximum atomic E-state index is 15.7. The van der Waals surface area contributed by atoms with E-state index in [0.29, 0.717) is 68.4 Å². The van der Waals surface area contributed by atoms with Crippen molar-refractivity contribution in [3.05, 3.63) is 41.7 Å². The zero-order chi connectivity index (χ0) is 24.5. The first kappa shape index (κ1) is 24.2. The first-order valence-corrected chi connectivity index (χ1v) is 12.6. The second kappa shape index (κ2) is 9.85. The Labute approximate surface area is 205 Å². The van der Waals surface area contributed by atoms with Crippen molar-refractivity contribution in [2.75, 3.05) is 52.9 Å². The number of likely N-dealkylation sites (tertiary alicyclic amines) is 2. The average Bonchev–Trinajstić information content (AvgIpc) is 2.83. The second-order valence-electron chi connectivity index (χ2n) is 10.2. The maximum Gasteiger partial charge on any atom is 0.260 e. The molecule has 4 aliphatic heterocycles. The molecule has 9 heteroatoms. The van der Waals surface area contributed by atoms with Crippen molar-refractivity contribution in [3.8, 4) is 5.75 Å². The van der Waals surface area contributed by atoms with E-state index in [1.54, 1.807) is 11.0 Å². The summed E-state index contributed by atoms with van der Waals surface area (Å²) in [6, 6.07) is 4.37. The first-order valence-electron chi connectivity index (χ1n) is 12.6. The molecule has 0 saturated carbocycles. The van der Waals surface area contributed by atoms with E-state index in [9.17, 15) is 9.18 Å². The number of rotatable bonds is 5. The summed E-state index contributed by atoms with van der Waals surface area (Å²) in [5, 5.41) is 7.36. The third-order valence-electron chi connectivity index (χ3n) is 7.85. The molecule has 0 unspecified atom stereocenters. The van der Waals surface area contributed by atoms with Crippen LogP contribution >= 0.6 is 0 Å². The number of alkyl halides is 1. The lowest BCUT2D eigenvalue weighted by atomic mass is 9.81. The minimum atomic E-state index is -1.80. The molecule has 0 aromatic heterocycles. The lowest BCUT2D eigenvalue weighted by Gasteiger charge is -2.46. The normalized spacial score (nSPS) is 25.3. The second-order valence-corrected chi connectivity index (χ2v) is 10.2. The van der Waals surface area contributed by atoms with Crippen LogP contribution in [0.15, 0.2) is 35.5 Å². The van der Waals surface area contributed by atoms with Crippen LogP contribution in [0, 0.1) is 11.7 Å². The van der Waals surface area contributed by atoms with Gasteiger partial charge in [-0.3, -0.25) is 9.69 Å². The van der Waals surface area contributed by atoms with Gasteiger partial charge in [-0.15, -0.1) is 0 Å². The standard InChI is InChI=1S/C26H34F2N4O3/c1-34-30-22-16-25(35-23-5-4-20(27)15-21(22)23)6-13-32(14-7-25)24(33)26(28)8-11-31(12-9-26)10-2-3-19-17-29-18-19/h2-5,15,19,29H,6-14,16-18H2,1H3. The molecule has 4 aliphatic rings. The molecule has 1 amide bonds. The molecular weight excluding hydrogens is 454 g/mol. The first-order chi connectivity index (χ1) is 16.9. The minimum absolute atomic E-state index is 0.229. The highest BCUT2D eigenvalue weighted by atomic mass is 19.1. The third-order valence-corrected chi connectivity index (χ3v) is 7.85. The Morgan fingerprint density at radius 3 is 2.63 bits per heavy atom. The average molecular weight is 489 g/mol. The van der Waals surface area contributed by atoms with Gasteiger partial charge in [-0.05, 0) is 18.2 Å². The Balaban J connectivity index is 1.17. The fourth-order valence-electron chi connectivity index (χ4n) is 5.51. The zero-order valence-corrected chi connectivity index (χ0v) is 20.3. The molecule has 1 aromatic rings. The molecular formula is C26H34F2N4O3. The number of carbonyl (C=O) groups excluding carboxylic acids is 1. The van der Waals surface area contributed by atoms with Crippen molar-refractivity contribution in [2.24, 2.45) is 11.1 Å². The Morgan fingerprint density at radius 2 is 1.97 bits per heavy atom. The van der Waals surface area contributed by atoms with E-state index < -0.39 is 17.2 Å². The number of carbonyl (C=O) groups is 1. The number of piperidine rings is 2. The molecule has 0 bridgehead atoms. The van der Waals surface area contributed by atoms with Crippen molar-refractivity contribution < 1.29 is 23.1 Å². The van der Waals surface area contributed by atoms with E-state index in [2.05, 4.69) is 27.5 Å². The van der Waals surface area contributed by atoms with Gasteiger partial charge in [-0.2, -0.15) is 0 Å². The molecule has 7 nitrogen and oxygen atoms in total. The topological polar surface area (TPSA) is 66.4 Å². The van der Waals surface area contributed by atoms with Gasteiger partial charge in [0.1, 0.15) is 24.3 Å². The number of hydrogen-bond acceptors (Lipinski definition) is 6. The van der Waals surface area contributed by atoms with Crippen LogP contribution in [0.25, 0.3) is 0 Å². The number of oxime groups is 1. The summed E-state index contributed by atoms with van der Waals surface area (Å²) in [6.07, 6.45) is 6.43. The van der Waals surface area contributed by atoms with Crippen LogP contribution in [0.3, 0.4) is 0 Å². The van der Waals surface area contributed by atoms with E-state index in [0.717, 1.165) is 19.6 Å². The van der Waals surface area contributed by atoms with Crippen LogP contribution in [-0.2, 0) is 9.63 Å². The molecule has 1 spiro atoms. The molecule has 3 saturated heterocycles. The van der Waals surface area contributed by atoms with Crippen LogP contribution in [0.2, 0.25) is 0 Å². The van der Waals surface area contributed by atoms with Crippen LogP contribution in [-0.4, -0.2) is 85.6 Å². The van der Waals surface area contributed by atoms with E-state index in [1.165, 1.54) is 19.2 Å². The van der Waals surface area contributed by atoms with Gasteiger partial charge < -0.3 is 19.8 Å². The summed E-state index contributed by atoms with van der Waals surface area (Å²) in [6.45, 7) is 4.88. The molecule has 5 rings (SSSR count). The number of ether oxygens (including phenoxy) is 1.